The van der Waals surface area contributed by atoms with Crippen molar-refractivity contribution in [3.05, 3.63) is 71.7 Å². The van der Waals surface area contributed by atoms with Crippen LogP contribution in [0, 0.1) is 6.92 Å². The number of hydrogen-bond acceptors (Lipinski definition) is 2. The van der Waals surface area contributed by atoms with Crippen LogP contribution < -0.4 is 5.32 Å². The molecule has 130 valence electrons. The predicted molar refractivity (Wildman–Crippen MR) is 101 cm³/mol. The largest absolute Gasteiger partial charge is 0.356 e. The van der Waals surface area contributed by atoms with Gasteiger partial charge in [0.2, 0.25) is 5.91 Å². The average Bonchev–Trinajstić information content (AvgIpc) is 3.03. The first-order chi connectivity index (χ1) is 12.2. The zero-order valence-corrected chi connectivity index (χ0v) is 14.9. The van der Waals surface area contributed by atoms with Gasteiger partial charge in [0.25, 0.3) is 0 Å². The number of pyridine rings is 1. The molecule has 25 heavy (non-hydrogen) atoms. The molecule has 0 bridgehead atoms. The lowest BCUT2D eigenvalue weighted by Crippen LogP contribution is -2.26. The molecule has 0 saturated carbocycles. The summed E-state index contributed by atoms with van der Waals surface area (Å²) in [6.07, 6.45) is 6.45. The van der Waals surface area contributed by atoms with Crippen molar-refractivity contribution in [1.29, 1.82) is 0 Å². The summed E-state index contributed by atoms with van der Waals surface area (Å²) in [6, 6.07) is 14.3. The SMILES string of the molecule is CCCCNC(=O)CC(c1ccccc1)c1cnc2cc(C)ccn12. The van der Waals surface area contributed by atoms with Gasteiger partial charge in [-0.2, -0.15) is 0 Å². The molecule has 1 atom stereocenters. The molecule has 0 aliphatic rings. The first-order valence-electron chi connectivity index (χ1n) is 8.94. The van der Waals surface area contributed by atoms with Crippen molar-refractivity contribution in [2.75, 3.05) is 6.54 Å². The molecule has 0 aliphatic carbocycles. The highest BCUT2D eigenvalue weighted by atomic mass is 16.1. The summed E-state index contributed by atoms with van der Waals surface area (Å²) in [5, 5.41) is 3.03. The van der Waals surface area contributed by atoms with Gasteiger partial charge in [-0.25, -0.2) is 4.98 Å². The number of nitrogens with one attached hydrogen (secondary N) is 1. The number of imidazole rings is 1. The molecule has 0 aliphatic heterocycles. The number of rotatable bonds is 7. The highest BCUT2D eigenvalue weighted by Gasteiger charge is 2.21. The number of benzene rings is 1. The summed E-state index contributed by atoms with van der Waals surface area (Å²) in [4.78, 5) is 17.0. The molecular weight excluding hydrogens is 310 g/mol. The normalized spacial score (nSPS) is 12.2. The van der Waals surface area contributed by atoms with Crippen molar-refractivity contribution in [2.24, 2.45) is 0 Å². The second-order valence-electron chi connectivity index (χ2n) is 6.49. The monoisotopic (exact) mass is 335 g/mol. The highest BCUT2D eigenvalue weighted by molar-refractivity contribution is 5.77. The molecule has 1 aromatic carbocycles. The zero-order valence-electron chi connectivity index (χ0n) is 14.9. The average molecular weight is 335 g/mol. The third-order valence-electron chi connectivity index (χ3n) is 4.50. The summed E-state index contributed by atoms with van der Waals surface area (Å²) in [5.41, 5.74) is 4.28. The van der Waals surface area contributed by atoms with Gasteiger partial charge in [0.05, 0.1) is 5.69 Å². The quantitative estimate of drug-likeness (QED) is 0.661. The Morgan fingerprint density at radius 1 is 1.24 bits per heavy atom. The lowest BCUT2D eigenvalue weighted by molar-refractivity contribution is -0.121. The molecule has 3 aromatic rings. The van der Waals surface area contributed by atoms with Crippen molar-refractivity contribution >= 4 is 11.6 Å². The number of aromatic nitrogens is 2. The molecular formula is C21H25N3O. The van der Waals surface area contributed by atoms with Crippen molar-refractivity contribution < 1.29 is 4.79 Å². The zero-order chi connectivity index (χ0) is 17.6. The molecule has 1 unspecified atom stereocenters. The molecule has 0 saturated heterocycles. The number of nitrogens with zero attached hydrogens (tertiary/aromatic N) is 2. The third-order valence-corrected chi connectivity index (χ3v) is 4.50. The Morgan fingerprint density at radius 2 is 2.04 bits per heavy atom. The van der Waals surface area contributed by atoms with Gasteiger partial charge < -0.3 is 9.72 Å². The highest BCUT2D eigenvalue weighted by Crippen LogP contribution is 2.28. The van der Waals surface area contributed by atoms with E-state index in [1.807, 2.05) is 30.6 Å². The molecule has 1 N–H and O–H groups in total. The van der Waals surface area contributed by atoms with Gasteiger partial charge in [0.15, 0.2) is 0 Å². The van der Waals surface area contributed by atoms with E-state index in [2.05, 4.69) is 52.8 Å². The van der Waals surface area contributed by atoms with Crippen molar-refractivity contribution in [2.45, 2.75) is 39.0 Å². The second-order valence-corrected chi connectivity index (χ2v) is 6.49. The van der Waals surface area contributed by atoms with Gasteiger partial charge in [-0.1, -0.05) is 43.7 Å². The summed E-state index contributed by atoms with van der Waals surface area (Å²) < 4.78 is 2.09. The van der Waals surface area contributed by atoms with E-state index in [9.17, 15) is 4.79 Å². The standard InChI is InChI=1S/C21H25N3O/c1-3-4-11-22-21(25)14-18(17-8-6-5-7-9-17)19-15-23-20-13-16(2)10-12-24(19)20/h5-10,12-13,15,18H,3-4,11,14H2,1-2H3,(H,22,25). The number of carbonyl (C=O) groups is 1. The number of aryl methyl sites for hydroxylation is 1. The van der Waals surface area contributed by atoms with Gasteiger partial charge >= 0.3 is 0 Å². The Bertz CT molecular complexity index is 839. The fourth-order valence-electron chi connectivity index (χ4n) is 3.10. The first kappa shape index (κ1) is 17.2. The minimum Gasteiger partial charge on any atom is -0.356 e. The van der Waals surface area contributed by atoms with Crippen LogP contribution in [0.5, 0.6) is 0 Å². The van der Waals surface area contributed by atoms with Crippen LogP contribution in [0.1, 0.15) is 48.9 Å². The molecule has 2 aromatic heterocycles. The van der Waals surface area contributed by atoms with Crippen LogP contribution >= 0.6 is 0 Å². The van der Waals surface area contributed by atoms with E-state index >= 15 is 0 Å². The Morgan fingerprint density at radius 3 is 2.80 bits per heavy atom. The Labute approximate surface area is 148 Å². The van der Waals surface area contributed by atoms with E-state index in [-0.39, 0.29) is 11.8 Å². The van der Waals surface area contributed by atoms with Crippen LogP contribution in [0.4, 0.5) is 0 Å². The van der Waals surface area contributed by atoms with Crippen LogP contribution in [0.2, 0.25) is 0 Å². The molecule has 4 nitrogen and oxygen atoms in total. The summed E-state index contributed by atoms with van der Waals surface area (Å²) >= 11 is 0. The summed E-state index contributed by atoms with van der Waals surface area (Å²) in [7, 11) is 0. The third kappa shape index (κ3) is 4.08. The van der Waals surface area contributed by atoms with Gasteiger partial charge in [0.1, 0.15) is 5.65 Å². The molecule has 1 amide bonds. The summed E-state index contributed by atoms with van der Waals surface area (Å²) in [5.74, 6) is 0.0740. The fraction of sp³-hybridized carbons (Fsp3) is 0.333. The maximum Gasteiger partial charge on any atom is 0.221 e. The first-order valence-corrected chi connectivity index (χ1v) is 8.94. The Balaban J connectivity index is 1.92. The van der Waals surface area contributed by atoms with E-state index in [1.165, 1.54) is 5.56 Å². The lowest BCUT2D eigenvalue weighted by Gasteiger charge is -2.17. The van der Waals surface area contributed by atoms with E-state index in [4.69, 9.17) is 0 Å². The number of carbonyl (C=O) groups excluding carboxylic acids is 1. The van der Waals surface area contributed by atoms with E-state index in [1.54, 1.807) is 0 Å². The Hall–Kier alpha value is -2.62. The molecule has 0 fully saturated rings. The van der Waals surface area contributed by atoms with E-state index in [0.29, 0.717) is 6.42 Å². The molecule has 0 radical (unpaired) electrons. The van der Waals surface area contributed by atoms with Gasteiger partial charge in [0, 0.05) is 31.3 Å². The van der Waals surface area contributed by atoms with Crippen molar-refractivity contribution in [3.63, 3.8) is 0 Å². The fourth-order valence-corrected chi connectivity index (χ4v) is 3.10. The van der Waals surface area contributed by atoms with Gasteiger partial charge in [-0.3, -0.25) is 4.79 Å². The van der Waals surface area contributed by atoms with Crippen molar-refractivity contribution in [3.8, 4) is 0 Å². The van der Waals surface area contributed by atoms with Crippen molar-refractivity contribution in [1.82, 2.24) is 14.7 Å². The predicted octanol–water partition coefficient (Wildman–Crippen LogP) is 4.08. The summed E-state index contributed by atoms with van der Waals surface area (Å²) in [6.45, 7) is 4.92. The number of amides is 1. The van der Waals surface area contributed by atoms with Gasteiger partial charge in [-0.15, -0.1) is 0 Å². The van der Waals surface area contributed by atoms with Crippen LogP contribution in [-0.4, -0.2) is 21.8 Å². The molecule has 0 spiro atoms. The molecule has 4 heteroatoms. The van der Waals surface area contributed by atoms with Crippen LogP contribution in [0.3, 0.4) is 0 Å². The Kier molecular flexibility index (Phi) is 5.49. The molecule has 2 heterocycles. The van der Waals surface area contributed by atoms with E-state index in [0.717, 1.165) is 36.3 Å². The smallest absolute Gasteiger partial charge is 0.221 e. The van der Waals surface area contributed by atoms with E-state index < -0.39 is 0 Å². The van der Waals surface area contributed by atoms with Gasteiger partial charge in [-0.05, 0) is 36.6 Å². The number of hydrogen-bond donors (Lipinski definition) is 1. The van der Waals surface area contributed by atoms with Crippen LogP contribution in [0.25, 0.3) is 5.65 Å². The minimum atomic E-state index is -0.0134. The minimum absolute atomic E-state index is 0.0134. The lowest BCUT2D eigenvalue weighted by atomic mass is 9.92. The molecule has 3 rings (SSSR count). The number of unbranched alkanes of at least 4 members (excludes halogenated alkanes) is 1. The maximum absolute atomic E-state index is 12.4. The van der Waals surface area contributed by atoms with Crippen LogP contribution in [-0.2, 0) is 4.79 Å². The number of fused-ring (bicyclic) bond motifs is 1. The second kappa shape index (κ2) is 7.97. The maximum atomic E-state index is 12.4. The topological polar surface area (TPSA) is 46.4 Å². The van der Waals surface area contributed by atoms with Crippen LogP contribution in [0.15, 0.2) is 54.9 Å².